The van der Waals surface area contributed by atoms with Gasteiger partial charge >= 0.3 is 0 Å². The molecule has 94 valence electrons. The van der Waals surface area contributed by atoms with Crippen LogP contribution in [-0.4, -0.2) is 43.9 Å². The van der Waals surface area contributed by atoms with Crippen LogP contribution in [0.25, 0.3) is 0 Å². The van der Waals surface area contributed by atoms with Gasteiger partial charge in [0.15, 0.2) is 0 Å². The minimum absolute atomic E-state index is 0.0275. The third-order valence-electron chi connectivity index (χ3n) is 2.59. The monoisotopic (exact) mass is 319 g/mol. The van der Waals surface area contributed by atoms with Gasteiger partial charge in [-0.1, -0.05) is 0 Å². The molecule has 0 atom stereocenters. The van der Waals surface area contributed by atoms with E-state index in [2.05, 4.69) is 26.2 Å². The van der Waals surface area contributed by atoms with Crippen molar-refractivity contribution in [3.05, 3.63) is 28.5 Å². The van der Waals surface area contributed by atoms with Crippen LogP contribution in [0.15, 0.2) is 22.8 Å². The van der Waals surface area contributed by atoms with Crippen molar-refractivity contribution < 1.29 is 8.42 Å². The fraction of sp³-hybridized carbons (Fsp3) is 0.500. The van der Waals surface area contributed by atoms with Crippen molar-refractivity contribution in [1.82, 2.24) is 14.6 Å². The highest BCUT2D eigenvalue weighted by Crippen LogP contribution is 2.12. The highest BCUT2D eigenvalue weighted by molar-refractivity contribution is 9.10. The zero-order valence-electron chi connectivity index (χ0n) is 9.26. The number of nitrogens with one attached hydrogen (secondary N) is 1. The number of rotatable bonds is 3. The number of piperazine rings is 1. The summed E-state index contributed by atoms with van der Waals surface area (Å²) in [5.74, 6) is -0.0275. The standard InChI is InChI=1S/C10H14BrN3O2S/c11-9-1-2-10(13-7-9)8-17(15,16)14-5-3-12-4-6-14/h1-2,7,12H,3-6,8H2. The number of halogens is 1. The van der Waals surface area contributed by atoms with E-state index in [1.54, 1.807) is 18.3 Å². The van der Waals surface area contributed by atoms with Gasteiger partial charge in [-0.25, -0.2) is 8.42 Å². The van der Waals surface area contributed by atoms with Crippen molar-refractivity contribution in [2.45, 2.75) is 5.75 Å². The van der Waals surface area contributed by atoms with Crippen LogP contribution in [0.4, 0.5) is 0 Å². The molecule has 0 amide bonds. The zero-order chi connectivity index (χ0) is 12.3. The van der Waals surface area contributed by atoms with Crippen LogP contribution in [0.3, 0.4) is 0 Å². The molecule has 1 aliphatic rings. The Bertz CT molecular complexity index is 469. The second-order valence-electron chi connectivity index (χ2n) is 3.87. The summed E-state index contributed by atoms with van der Waals surface area (Å²) in [6.45, 7) is 2.51. The van der Waals surface area contributed by atoms with Crippen LogP contribution in [-0.2, 0) is 15.8 Å². The second-order valence-corrected chi connectivity index (χ2v) is 6.76. The Morgan fingerprint density at radius 2 is 2.06 bits per heavy atom. The molecule has 0 aromatic carbocycles. The molecule has 1 aliphatic heterocycles. The van der Waals surface area contributed by atoms with Crippen molar-refractivity contribution in [3.8, 4) is 0 Å². The molecule has 5 nitrogen and oxygen atoms in total. The largest absolute Gasteiger partial charge is 0.314 e. The first kappa shape index (κ1) is 12.9. The van der Waals surface area contributed by atoms with E-state index in [1.807, 2.05) is 0 Å². The fourth-order valence-corrected chi connectivity index (χ4v) is 3.39. The minimum Gasteiger partial charge on any atom is -0.314 e. The normalized spacial score (nSPS) is 18.2. The van der Waals surface area contributed by atoms with E-state index in [-0.39, 0.29) is 5.75 Å². The molecule has 7 heteroatoms. The predicted octanol–water partition coefficient (Wildman–Crippen LogP) is 0.579. The lowest BCUT2D eigenvalue weighted by Crippen LogP contribution is -2.46. The average Bonchev–Trinajstić information content (AvgIpc) is 2.33. The summed E-state index contributed by atoms with van der Waals surface area (Å²) in [5.41, 5.74) is 0.576. The maximum absolute atomic E-state index is 12.1. The maximum atomic E-state index is 12.1. The van der Waals surface area contributed by atoms with Crippen LogP contribution in [0.2, 0.25) is 0 Å². The minimum atomic E-state index is -3.23. The quantitative estimate of drug-likeness (QED) is 0.885. The van der Waals surface area contributed by atoms with Crippen molar-refractivity contribution in [3.63, 3.8) is 0 Å². The molecular weight excluding hydrogens is 306 g/mol. The summed E-state index contributed by atoms with van der Waals surface area (Å²) in [6.07, 6.45) is 1.61. The van der Waals surface area contributed by atoms with Gasteiger partial charge in [-0.3, -0.25) is 4.98 Å². The number of hydrogen-bond acceptors (Lipinski definition) is 4. The Labute approximate surface area is 109 Å². The van der Waals surface area contributed by atoms with Gasteiger partial charge in [0.2, 0.25) is 10.0 Å². The highest BCUT2D eigenvalue weighted by Gasteiger charge is 2.24. The molecule has 1 aromatic rings. The Kier molecular flexibility index (Phi) is 4.13. The molecule has 0 radical (unpaired) electrons. The molecule has 1 aromatic heterocycles. The Hall–Kier alpha value is -0.500. The lowest BCUT2D eigenvalue weighted by Gasteiger charge is -2.26. The second kappa shape index (κ2) is 5.43. The molecular formula is C10H14BrN3O2S. The van der Waals surface area contributed by atoms with Gasteiger partial charge in [-0.2, -0.15) is 4.31 Å². The summed E-state index contributed by atoms with van der Waals surface area (Å²) in [6, 6.07) is 3.53. The maximum Gasteiger partial charge on any atom is 0.219 e. The summed E-state index contributed by atoms with van der Waals surface area (Å²) in [4.78, 5) is 4.09. The van der Waals surface area contributed by atoms with Gasteiger partial charge in [0.25, 0.3) is 0 Å². The van der Waals surface area contributed by atoms with E-state index in [0.29, 0.717) is 31.9 Å². The van der Waals surface area contributed by atoms with Crippen LogP contribution < -0.4 is 5.32 Å². The molecule has 2 rings (SSSR count). The Morgan fingerprint density at radius 3 is 2.65 bits per heavy atom. The van der Waals surface area contributed by atoms with Gasteiger partial charge in [0.1, 0.15) is 5.75 Å². The van der Waals surface area contributed by atoms with Gasteiger partial charge < -0.3 is 5.32 Å². The third-order valence-corrected chi connectivity index (χ3v) is 4.87. The Balaban J connectivity index is 2.08. The van der Waals surface area contributed by atoms with E-state index >= 15 is 0 Å². The van der Waals surface area contributed by atoms with Crippen LogP contribution >= 0.6 is 15.9 Å². The van der Waals surface area contributed by atoms with Crippen LogP contribution in [0.5, 0.6) is 0 Å². The number of hydrogen-bond donors (Lipinski definition) is 1. The van der Waals surface area contributed by atoms with Gasteiger partial charge in [0, 0.05) is 36.8 Å². The molecule has 1 N–H and O–H groups in total. The summed E-state index contributed by atoms with van der Waals surface area (Å²) in [5, 5.41) is 3.13. The molecule has 17 heavy (non-hydrogen) atoms. The first-order valence-corrected chi connectivity index (χ1v) is 7.77. The number of aromatic nitrogens is 1. The molecule has 0 spiro atoms. The van der Waals surface area contributed by atoms with Gasteiger partial charge in [-0.15, -0.1) is 0 Å². The third kappa shape index (κ3) is 3.48. The first-order valence-electron chi connectivity index (χ1n) is 5.37. The van der Waals surface area contributed by atoms with Gasteiger partial charge in [0.05, 0.1) is 5.69 Å². The van der Waals surface area contributed by atoms with Crippen LogP contribution in [0, 0.1) is 0 Å². The zero-order valence-corrected chi connectivity index (χ0v) is 11.7. The predicted molar refractivity (Wildman–Crippen MR) is 69.0 cm³/mol. The number of sulfonamides is 1. The summed E-state index contributed by atoms with van der Waals surface area (Å²) < 4.78 is 26.5. The van der Waals surface area contributed by atoms with E-state index in [4.69, 9.17) is 0 Å². The number of nitrogens with zero attached hydrogens (tertiary/aromatic N) is 2. The highest BCUT2D eigenvalue weighted by atomic mass is 79.9. The van der Waals surface area contributed by atoms with Crippen molar-refractivity contribution in [2.24, 2.45) is 0 Å². The molecule has 1 fully saturated rings. The fourth-order valence-electron chi connectivity index (χ4n) is 1.69. The first-order chi connectivity index (χ1) is 8.08. The van der Waals surface area contributed by atoms with E-state index in [1.165, 1.54) is 4.31 Å². The van der Waals surface area contributed by atoms with E-state index in [0.717, 1.165) is 4.47 Å². The van der Waals surface area contributed by atoms with Crippen molar-refractivity contribution >= 4 is 26.0 Å². The summed E-state index contributed by atoms with van der Waals surface area (Å²) >= 11 is 3.27. The summed E-state index contributed by atoms with van der Waals surface area (Å²) in [7, 11) is -3.23. The van der Waals surface area contributed by atoms with E-state index < -0.39 is 10.0 Å². The SMILES string of the molecule is O=S(=O)(Cc1ccc(Br)cn1)N1CCNCC1. The Morgan fingerprint density at radius 1 is 1.35 bits per heavy atom. The van der Waals surface area contributed by atoms with Crippen molar-refractivity contribution in [1.29, 1.82) is 0 Å². The average molecular weight is 320 g/mol. The molecule has 0 unspecified atom stereocenters. The van der Waals surface area contributed by atoms with Crippen molar-refractivity contribution in [2.75, 3.05) is 26.2 Å². The molecule has 0 bridgehead atoms. The number of pyridine rings is 1. The lowest BCUT2D eigenvalue weighted by atomic mass is 10.4. The topological polar surface area (TPSA) is 62.3 Å². The van der Waals surface area contributed by atoms with Gasteiger partial charge in [-0.05, 0) is 28.1 Å². The molecule has 0 saturated carbocycles. The van der Waals surface area contributed by atoms with Crippen LogP contribution in [0.1, 0.15) is 5.69 Å². The molecule has 1 saturated heterocycles. The molecule has 0 aliphatic carbocycles. The molecule has 2 heterocycles. The smallest absolute Gasteiger partial charge is 0.219 e. The van der Waals surface area contributed by atoms with E-state index in [9.17, 15) is 8.42 Å². The lowest BCUT2D eigenvalue weighted by molar-refractivity contribution is 0.359.